The zero-order chi connectivity index (χ0) is 19.8. The first-order valence-electron chi connectivity index (χ1n) is 7.87. The molecule has 0 aliphatic heterocycles. The van der Waals surface area contributed by atoms with Gasteiger partial charge in [0, 0.05) is 17.5 Å². The summed E-state index contributed by atoms with van der Waals surface area (Å²) >= 11 is 0.844. The van der Waals surface area contributed by atoms with Crippen molar-refractivity contribution in [2.45, 2.75) is 19.5 Å². The summed E-state index contributed by atoms with van der Waals surface area (Å²) in [6, 6.07) is 5.64. The molecule has 0 fully saturated rings. The number of pyridine rings is 1. The maximum atomic E-state index is 13.6. The second-order valence-electron chi connectivity index (χ2n) is 5.81. The van der Waals surface area contributed by atoms with Gasteiger partial charge in [-0.1, -0.05) is 6.07 Å². The van der Waals surface area contributed by atoms with Crippen LogP contribution in [0.1, 0.15) is 26.5 Å². The molecule has 0 aliphatic carbocycles. The van der Waals surface area contributed by atoms with Gasteiger partial charge >= 0.3 is 6.18 Å². The lowest BCUT2D eigenvalue weighted by molar-refractivity contribution is -0.140. The minimum absolute atomic E-state index is 0.0222. The molecule has 3 nitrogen and oxygen atoms in total. The standard InChI is InChI=1S/C18H13F5N2OS/c1-9-10-5-6-14(18(21,22)23)25-17(10)27-15(9)16(26)24-8-7-11-12(19)3-2-4-13(11)20/h2-6H,7-8H2,1H3,(H,24,26). The molecule has 0 atom stereocenters. The SMILES string of the molecule is Cc1c(C(=O)NCCc2c(F)cccc2F)sc2nc(C(F)(F)F)ccc12. The number of fused-ring (bicyclic) bond motifs is 1. The number of carbonyl (C=O) groups excluding carboxylic acids is 1. The Balaban J connectivity index is 1.76. The van der Waals surface area contributed by atoms with Crippen LogP contribution in [0.25, 0.3) is 10.2 Å². The molecule has 1 N–H and O–H groups in total. The van der Waals surface area contributed by atoms with E-state index in [9.17, 15) is 26.7 Å². The lowest BCUT2D eigenvalue weighted by Gasteiger charge is -2.06. The number of alkyl halides is 3. The summed E-state index contributed by atoms with van der Waals surface area (Å²) in [7, 11) is 0. The quantitative estimate of drug-likeness (QED) is 0.635. The van der Waals surface area contributed by atoms with Crippen LogP contribution >= 0.6 is 11.3 Å². The van der Waals surface area contributed by atoms with E-state index in [1.807, 2.05) is 0 Å². The molecule has 1 aromatic carbocycles. The molecule has 0 bridgehead atoms. The Kier molecular flexibility index (Phi) is 5.14. The average Bonchev–Trinajstić information content (AvgIpc) is 2.93. The number of nitrogens with one attached hydrogen (secondary N) is 1. The van der Waals surface area contributed by atoms with Gasteiger partial charge in [-0.25, -0.2) is 13.8 Å². The van der Waals surface area contributed by atoms with Gasteiger partial charge in [-0.2, -0.15) is 13.2 Å². The third-order valence-corrected chi connectivity index (χ3v) is 5.22. The van der Waals surface area contributed by atoms with Gasteiger partial charge in [0.1, 0.15) is 22.2 Å². The fourth-order valence-electron chi connectivity index (χ4n) is 2.63. The average molecular weight is 400 g/mol. The number of aryl methyl sites for hydroxylation is 1. The smallest absolute Gasteiger partial charge is 0.351 e. The van der Waals surface area contributed by atoms with Crippen LogP contribution in [-0.2, 0) is 12.6 Å². The maximum Gasteiger partial charge on any atom is 0.433 e. The summed E-state index contributed by atoms with van der Waals surface area (Å²) in [6.45, 7) is 1.59. The van der Waals surface area contributed by atoms with Gasteiger partial charge in [-0.05, 0) is 43.2 Å². The van der Waals surface area contributed by atoms with E-state index >= 15 is 0 Å². The third kappa shape index (κ3) is 3.92. The molecular weight excluding hydrogens is 387 g/mol. The van der Waals surface area contributed by atoms with Crippen LogP contribution in [0.5, 0.6) is 0 Å². The lowest BCUT2D eigenvalue weighted by atomic mass is 10.1. The summed E-state index contributed by atoms with van der Waals surface area (Å²) in [5, 5.41) is 2.99. The Morgan fingerprint density at radius 3 is 2.44 bits per heavy atom. The maximum absolute atomic E-state index is 13.6. The largest absolute Gasteiger partial charge is 0.433 e. The molecule has 27 heavy (non-hydrogen) atoms. The zero-order valence-electron chi connectivity index (χ0n) is 14.0. The van der Waals surface area contributed by atoms with Crippen molar-refractivity contribution in [1.82, 2.24) is 10.3 Å². The number of hydrogen-bond acceptors (Lipinski definition) is 3. The highest BCUT2D eigenvalue weighted by molar-refractivity contribution is 7.20. The second kappa shape index (κ2) is 7.22. The van der Waals surface area contributed by atoms with E-state index in [2.05, 4.69) is 10.3 Å². The van der Waals surface area contributed by atoms with E-state index in [-0.39, 0.29) is 28.2 Å². The van der Waals surface area contributed by atoms with Gasteiger partial charge in [0.25, 0.3) is 5.91 Å². The molecule has 142 valence electrons. The second-order valence-corrected chi connectivity index (χ2v) is 6.81. The number of carbonyl (C=O) groups is 1. The highest BCUT2D eigenvalue weighted by Gasteiger charge is 2.33. The number of hydrogen-bond donors (Lipinski definition) is 1. The van der Waals surface area contributed by atoms with Crippen molar-refractivity contribution >= 4 is 27.5 Å². The van der Waals surface area contributed by atoms with Crippen molar-refractivity contribution in [3.8, 4) is 0 Å². The highest BCUT2D eigenvalue weighted by Crippen LogP contribution is 2.34. The molecule has 9 heteroatoms. The Morgan fingerprint density at radius 1 is 1.15 bits per heavy atom. The van der Waals surface area contributed by atoms with Gasteiger partial charge in [-0.3, -0.25) is 4.79 Å². The fourth-order valence-corrected chi connectivity index (χ4v) is 3.72. The van der Waals surface area contributed by atoms with Crippen molar-refractivity contribution in [1.29, 1.82) is 0 Å². The summed E-state index contributed by atoms with van der Waals surface area (Å²) in [4.78, 5) is 16.2. The molecule has 0 spiro atoms. The zero-order valence-corrected chi connectivity index (χ0v) is 14.8. The van der Waals surface area contributed by atoms with E-state index in [0.29, 0.717) is 10.9 Å². The van der Waals surface area contributed by atoms with Gasteiger partial charge in [0.2, 0.25) is 0 Å². The number of benzene rings is 1. The molecule has 0 saturated heterocycles. The molecule has 3 rings (SSSR count). The molecule has 0 saturated carbocycles. The van der Waals surface area contributed by atoms with E-state index in [4.69, 9.17) is 0 Å². The van der Waals surface area contributed by atoms with E-state index in [0.717, 1.165) is 29.5 Å². The molecule has 2 heterocycles. The van der Waals surface area contributed by atoms with Crippen molar-refractivity contribution in [3.63, 3.8) is 0 Å². The summed E-state index contributed by atoms with van der Waals surface area (Å²) in [6.07, 6.45) is -4.62. The predicted molar refractivity (Wildman–Crippen MR) is 91.8 cm³/mol. The molecule has 3 aromatic rings. The molecule has 0 aliphatic rings. The Hall–Kier alpha value is -2.55. The fraction of sp³-hybridized carbons (Fsp3) is 0.222. The number of halogens is 5. The normalized spacial score (nSPS) is 11.8. The summed E-state index contributed by atoms with van der Waals surface area (Å²) in [5.74, 6) is -1.93. The van der Waals surface area contributed by atoms with Crippen LogP contribution in [0.4, 0.5) is 22.0 Å². The number of aromatic nitrogens is 1. The van der Waals surface area contributed by atoms with E-state index in [1.54, 1.807) is 6.92 Å². The van der Waals surface area contributed by atoms with Gasteiger partial charge in [-0.15, -0.1) is 11.3 Å². The lowest BCUT2D eigenvalue weighted by Crippen LogP contribution is -2.26. The van der Waals surface area contributed by atoms with Crippen LogP contribution < -0.4 is 5.32 Å². The van der Waals surface area contributed by atoms with E-state index < -0.39 is 29.4 Å². The Labute approximate surface area is 154 Å². The number of amides is 1. The minimum atomic E-state index is -4.57. The molecule has 0 unspecified atom stereocenters. The van der Waals surface area contributed by atoms with Crippen LogP contribution in [0.3, 0.4) is 0 Å². The van der Waals surface area contributed by atoms with Gasteiger partial charge < -0.3 is 5.32 Å². The molecule has 0 radical (unpaired) electrons. The molecular formula is C18H13F5N2OS. The van der Waals surface area contributed by atoms with Crippen molar-refractivity contribution in [3.05, 3.63) is 63.7 Å². The van der Waals surface area contributed by atoms with Crippen LogP contribution in [0.2, 0.25) is 0 Å². The number of thiophene rings is 1. The van der Waals surface area contributed by atoms with E-state index in [1.165, 1.54) is 12.1 Å². The van der Waals surface area contributed by atoms with Crippen molar-refractivity contribution < 1.29 is 26.7 Å². The topological polar surface area (TPSA) is 42.0 Å². The Morgan fingerprint density at radius 2 is 1.81 bits per heavy atom. The first-order valence-corrected chi connectivity index (χ1v) is 8.68. The molecule has 1 amide bonds. The van der Waals surface area contributed by atoms with Crippen LogP contribution in [-0.4, -0.2) is 17.4 Å². The van der Waals surface area contributed by atoms with Crippen molar-refractivity contribution in [2.75, 3.05) is 6.54 Å². The monoisotopic (exact) mass is 400 g/mol. The Bertz CT molecular complexity index is 993. The first-order chi connectivity index (χ1) is 12.7. The number of rotatable bonds is 4. The highest BCUT2D eigenvalue weighted by atomic mass is 32.1. The summed E-state index contributed by atoms with van der Waals surface area (Å²) < 4.78 is 65.5. The summed E-state index contributed by atoms with van der Waals surface area (Å²) in [5.41, 5.74) is -0.661. The van der Waals surface area contributed by atoms with Crippen LogP contribution in [0, 0.1) is 18.6 Å². The van der Waals surface area contributed by atoms with Gasteiger partial charge in [0.15, 0.2) is 0 Å². The number of nitrogens with zero attached hydrogens (tertiary/aromatic N) is 1. The van der Waals surface area contributed by atoms with Crippen LogP contribution in [0.15, 0.2) is 30.3 Å². The first kappa shape index (κ1) is 19.2. The third-order valence-electron chi connectivity index (χ3n) is 4.02. The minimum Gasteiger partial charge on any atom is -0.351 e. The van der Waals surface area contributed by atoms with Gasteiger partial charge in [0.05, 0.1) is 4.88 Å². The predicted octanol–water partition coefficient (Wildman–Crippen LogP) is 4.87. The van der Waals surface area contributed by atoms with Crippen molar-refractivity contribution in [2.24, 2.45) is 0 Å². The molecule has 2 aromatic heterocycles.